The lowest BCUT2D eigenvalue weighted by molar-refractivity contribution is -0.171. The monoisotopic (exact) mass is 392 g/mol. The Hall–Kier alpha value is 1.49. The van der Waals surface area contributed by atoms with Gasteiger partial charge < -0.3 is 0 Å². The number of carbonyl (C=O) groups is 1. The molecular weight excluding hydrogens is 393 g/mol. The maximum absolute atomic E-state index is 12.0. The molecule has 0 saturated heterocycles. The van der Waals surface area contributed by atoms with Crippen LogP contribution in [0, 0.1) is 0 Å². The minimum absolute atomic E-state index is 1.46. The molecule has 0 atom stereocenters. The minimum atomic E-state index is -5.15. The van der Waals surface area contributed by atoms with Crippen LogP contribution < -0.4 is 0 Å². The van der Waals surface area contributed by atoms with E-state index in [0.717, 1.165) is 0 Å². The Morgan fingerprint density at radius 2 is 1.24 bits per heavy atom. The molecule has 0 aromatic rings. The lowest BCUT2D eigenvalue weighted by Crippen LogP contribution is -2.49. The largest absolute Gasteiger partial charge is 0.450 e. The standard InChI is InChI=1S/C6H2Cl7F3O/c7-3(8,1-2(17)4(14,15)16)5(9,10)6(11,12)13/h1H2. The molecule has 0 aromatic carbocycles. The molecule has 0 spiro atoms. The van der Waals surface area contributed by atoms with Crippen molar-refractivity contribution in [3.8, 4) is 0 Å². The number of carbonyl (C=O) groups excluding carboxylic acids is 1. The second kappa shape index (κ2) is 5.47. The van der Waals surface area contributed by atoms with Gasteiger partial charge in [0, 0.05) is 0 Å². The number of hydrogen-bond acceptors (Lipinski definition) is 1. The predicted octanol–water partition coefficient (Wildman–Crippen LogP) is 5.23. The van der Waals surface area contributed by atoms with Crippen LogP contribution >= 0.6 is 81.2 Å². The summed E-state index contributed by atoms with van der Waals surface area (Å²) in [6, 6.07) is 0. The van der Waals surface area contributed by atoms with Gasteiger partial charge in [-0.2, -0.15) is 13.2 Å². The van der Waals surface area contributed by atoms with E-state index in [2.05, 4.69) is 0 Å². The van der Waals surface area contributed by atoms with Crippen molar-refractivity contribution in [2.45, 2.75) is 25.1 Å². The minimum Gasteiger partial charge on any atom is -0.289 e. The zero-order chi connectivity index (χ0) is 14.3. The molecule has 0 saturated carbocycles. The molecule has 0 aliphatic rings. The number of hydrogen-bond donors (Lipinski definition) is 0. The molecular formula is C6H2Cl7F3O. The van der Waals surface area contributed by atoms with Crippen molar-refractivity contribution in [2.75, 3.05) is 0 Å². The zero-order valence-electron chi connectivity index (χ0n) is 7.39. The Bertz CT molecular complexity index is 306. The Kier molecular flexibility index (Phi) is 5.95. The topological polar surface area (TPSA) is 17.1 Å². The molecule has 1 nitrogen and oxygen atoms in total. The molecule has 0 heterocycles. The fraction of sp³-hybridized carbons (Fsp3) is 0.833. The molecule has 0 aliphatic carbocycles. The summed E-state index contributed by atoms with van der Waals surface area (Å²) in [5.74, 6) is -2.25. The van der Waals surface area contributed by atoms with E-state index in [9.17, 15) is 18.0 Å². The van der Waals surface area contributed by atoms with Crippen molar-refractivity contribution < 1.29 is 18.0 Å². The predicted molar refractivity (Wildman–Crippen MR) is 64.8 cm³/mol. The molecule has 0 amide bonds. The first-order chi connectivity index (χ1) is 7.13. The van der Waals surface area contributed by atoms with Gasteiger partial charge in [-0.1, -0.05) is 81.2 Å². The van der Waals surface area contributed by atoms with Crippen LogP contribution in [0.3, 0.4) is 0 Å². The third kappa shape index (κ3) is 4.51. The smallest absolute Gasteiger partial charge is 0.289 e. The third-order valence-electron chi connectivity index (χ3n) is 1.51. The summed E-state index contributed by atoms with van der Waals surface area (Å²) < 4.78 is 28.3. The Morgan fingerprint density at radius 3 is 1.47 bits per heavy atom. The summed E-state index contributed by atoms with van der Waals surface area (Å²) in [7, 11) is 0. The van der Waals surface area contributed by atoms with Gasteiger partial charge in [-0.25, -0.2) is 0 Å². The van der Waals surface area contributed by atoms with Gasteiger partial charge in [-0.05, 0) is 0 Å². The van der Waals surface area contributed by atoms with E-state index in [-0.39, 0.29) is 0 Å². The normalized spacial score (nSPS) is 14.9. The lowest BCUT2D eigenvalue weighted by atomic mass is 10.1. The van der Waals surface area contributed by atoms with E-state index >= 15 is 0 Å². The fourth-order valence-electron chi connectivity index (χ4n) is 0.620. The van der Waals surface area contributed by atoms with Crippen molar-refractivity contribution in [2.24, 2.45) is 0 Å². The molecule has 0 rings (SSSR count). The lowest BCUT2D eigenvalue weighted by Gasteiger charge is -2.37. The number of halogens is 10. The molecule has 0 fully saturated rings. The van der Waals surface area contributed by atoms with Crippen LogP contribution in [0.2, 0.25) is 0 Å². The number of alkyl halides is 10. The van der Waals surface area contributed by atoms with E-state index < -0.39 is 30.8 Å². The molecule has 0 N–H and O–H groups in total. The van der Waals surface area contributed by atoms with Gasteiger partial charge in [0.05, 0.1) is 6.42 Å². The zero-order valence-corrected chi connectivity index (χ0v) is 12.7. The maximum Gasteiger partial charge on any atom is 0.450 e. The first-order valence-corrected chi connectivity index (χ1v) is 6.20. The Morgan fingerprint density at radius 1 is 0.882 bits per heavy atom. The van der Waals surface area contributed by atoms with Crippen molar-refractivity contribution in [3.05, 3.63) is 0 Å². The highest BCUT2D eigenvalue weighted by molar-refractivity contribution is 6.78. The van der Waals surface area contributed by atoms with E-state index in [1.165, 1.54) is 0 Å². The molecule has 0 bridgehead atoms. The molecule has 0 radical (unpaired) electrons. The highest BCUT2D eigenvalue weighted by Gasteiger charge is 2.62. The first-order valence-electron chi connectivity index (χ1n) is 3.55. The molecule has 11 heteroatoms. The van der Waals surface area contributed by atoms with E-state index in [4.69, 9.17) is 81.2 Å². The second-order valence-electron chi connectivity index (χ2n) is 2.87. The van der Waals surface area contributed by atoms with Gasteiger partial charge in [-0.15, -0.1) is 0 Å². The molecule has 0 unspecified atom stereocenters. The van der Waals surface area contributed by atoms with Crippen molar-refractivity contribution in [1.29, 1.82) is 0 Å². The van der Waals surface area contributed by atoms with E-state index in [1.807, 2.05) is 0 Å². The van der Waals surface area contributed by atoms with Crippen LogP contribution in [0.1, 0.15) is 6.42 Å². The van der Waals surface area contributed by atoms with Gasteiger partial charge in [0.2, 0.25) is 9.58 Å². The van der Waals surface area contributed by atoms with Crippen molar-refractivity contribution in [1.82, 2.24) is 0 Å². The second-order valence-corrected chi connectivity index (χ2v) is 7.97. The van der Waals surface area contributed by atoms with Crippen LogP contribution in [0.4, 0.5) is 13.2 Å². The van der Waals surface area contributed by atoms with Crippen LogP contribution in [-0.4, -0.2) is 24.4 Å². The summed E-state index contributed by atoms with van der Waals surface area (Å²) in [4.78, 5) is 10.7. The molecule has 0 aromatic heterocycles. The number of rotatable bonds is 3. The van der Waals surface area contributed by atoms with Gasteiger partial charge in [0.1, 0.15) is 0 Å². The Balaban J connectivity index is 5.12. The van der Waals surface area contributed by atoms with Gasteiger partial charge in [0.15, 0.2) is 8.67 Å². The summed E-state index contributed by atoms with van der Waals surface area (Å²) in [6.07, 6.45) is -6.60. The van der Waals surface area contributed by atoms with E-state index in [1.54, 1.807) is 0 Å². The molecule has 0 aliphatic heterocycles. The summed E-state index contributed by atoms with van der Waals surface area (Å²) in [5.41, 5.74) is 0. The average Bonchev–Trinajstić information content (AvgIpc) is 1.98. The van der Waals surface area contributed by atoms with Gasteiger partial charge in [0.25, 0.3) is 0 Å². The number of ketones is 1. The Labute approximate surface area is 129 Å². The van der Waals surface area contributed by atoms with Crippen LogP contribution in [0.15, 0.2) is 0 Å². The molecule has 102 valence electrons. The highest BCUT2D eigenvalue weighted by atomic mass is 35.6. The first kappa shape index (κ1) is 18.5. The van der Waals surface area contributed by atoms with Crippen LogP contribution in [0.5, 0.6) is 0 Å². The van der Waals surface area contributed by atoms with Crippen LogP contribution in [-0.2, 0) is 4.79 Å². The van der Waals surface area contributed by atoms with Gasteiger partial charge >= 0.3 is 6.18 Å². The van der Waals surface area contributed by atoms with Gasteiger partial charge in [-0.3, -0.25) is 4.79 Å². The van der Waals surface area contributed by atoms with E-state index in [0.29, 0.717) is 0 Å². The average molecular weight is 395 g/mol. The molecule has 17 heavy (non-hydrogen) atoms. The van der Waals surface area contributed by atoms with Crippen LogP contribution in [0.25, 0.3) is 0 Å². The van der Waals surface area contributed by atoms with Crippen molar-refractivity contribution in [3.63, 3.8) is 0 Å². The quantitative estimate of drug-likeness (QED) is 0.599. The highest BCUT2D eigenvalue weighted by Crippen LogP contribution is 2.57. The number of Topliss-reactive ketones (excluding diaryl/α,β-unsaturated/α-hetero) is 1. The fourth-order valence-corrected chi connectivity index (χ4v) is 2.05. The summed E-state index contributed by atoms with van der Waals surface area (Å²) in [5, 5.41) is 0. The maximum atomic E-state index is 12.0. The SMILES string of the molecule is O=C(CC(Cl)(Cl)C(Cl)(Cl)C(Cl)(Cl)Cl)C(F)(F)F. The summed E-state index contributed by atoms with van der Waals surface area (Å²) >= 11 is 37.8. The summed E-state index contributed by atoms with van der Waals surface area (Å²) in [6.45, 7) is 0. The third-order valence-corrected chi connectivity index (χ3v) is 5.38. The van der Waals surface area contributed by atoms with Crippen molar-refractivity contribution >= 4 is 87.0 Å².